The molecule has 1 N–H and O–H groups in total. The number of hydrogen-bond donors (Lipinski definition) is 1. The first kappa shape index (κ1) is 15.0. The standard InChI is InChI=1S/C16H17NOS2/c1-3-20-15-11-7-5-9-13(15)17-16(18)12-8-4-6-10-14(12)19-2/h4-11H,3H2,1-2H3,(H,17,18). The molecule has 0 saturated heterocycles. The number of carbonyl (C=O) groups excluding carboxylic acids is 1. The predicted molar refractivity (Wildman–Crippen MR) is 89.0 cm³/mol. The van der Waals surface area contributed by atoms with Crippen molar-refractivity contribution in [3.8, 4) is 0 Å². The smallest absolute Gasteiger partial charge is 0.256 e. The van der Waals surface area contributed by atoms with E-state index in [4.69, 9.17) is 0 Å². The highest BCUT2D eigenvalue weighted by Gasteiger charge is 2.12. The normalized spacial score (nSPS) is 10.3. The summed E-state index contributed by atoms with van der Waals surface area (Å²) < 4.78 is 0. The van der Waals surface area contributed by atoms with Crippen molar-refractivity contribution in [2.75, 3.05) is 17.3 Å². The van der Waals surface area contributed by atoms with Crippen molar-refractivity contribution in [1.29, 1.82) is 0 Å². The van der Waals surface area contributed by atoms with Gasteiger partial charge in [0.2, 0.25) is 0 Å². The quantitative estimate of drug-likeness (QED) is 0.806. The van der Waals surface area contributed by atoms with Gasteiger partial charge in [0.15, 0.2) is 0 Å². The largest absolute Gasteiger partial charge is 0.321 e. The molecule has 0 saturated carbocycles. The number of carbonyl (C=O) groups is 1. The van der Waals surface area contributed by atoms with E-state index in [0.29, 0.717) is 0 Å². The Kier molecular flexibility index (Phi) is 5.56. The van der Waals surface area contributed by atoms with E-state index in [9.17, 15) is 4.79 Å². The third-order valence-corrected chi connectivity index (χ3v) is 4.54. The monoisotopic (exact) mass is 303 g/mol. The van der Waals surface area contributed by atoms with Crippen LogP contribution in [0.3, 0.4) is 0 Å². The average Bonchev–Trinajstić information content (AvgIpc) is 2.49. The molecule has 0 atom stereocenters. The highest BCUT2D eigenvalue weighted by molar-refractivity contribution is 7.99. The van der Waals surface area contributed by atoms with Crippen molar-refractivity contribution >= 4 is 35.1 Å². The summed E-state index contributed by atoms with van der Waals surface area (Å²) >= 11 is 3.31. The van der Waals surface area contributed by atoms with Gasteiger partial charge in [-0.1, -0.05) is 31.2 Å². The molecule has 2 aromatic rings. The van der Waals surface area contributed by atoms with Crippen LogP contribution in [0.25, 0.3) is 0 Å². The van der Waals surface area contributed by atoms with Gasteiger partial charge in [-0.15, -0.1) is 23.5 Å². The molecule has 0 aliphatic carbocycles. The van der Waals surface area contributed by atoms with Gasteiger partial charge in [0, 0.05) is 9.79 Å². The average molecular weight is 303 g/mol. The van der Waals surface area contributed by atoms with Gasteiger partial charge in [-0.2, -0.15) is 0 Å². The Morgan fingerprint density at radius 3 is 2.40 bits per heavy atom. The molecular weight excluding hydrogens is 286 g/mol. The van der Waals surface area contributed by atoms with E-state index in [0.717, 1.165) is 26.8 Å². The summed E-state index contributed by atoms with van der Waals surface area (Å²) in [5, 5.41) is 3.01. The molecule has 0 radical (unpaired) electrons. The Labute approximate surface area is 128 Å². The second-order valence-corrected chi connectivity index (χ2v) is 6.24. The van der Waals surface area contributed by atoms with Gasteiger partial charge in [-0.3, -0.25) is 4.79 Å². The van der Waals surface area contributed by atoms with E-state index >= 15 is 0 Å². The van der Waals surface area contributed by atoms with Crippen LogP contribution >= 0.6 is 23.5 Å². The van der Waals surface area contributed by atoms with Crippen molar-refractivity contribution in [2.45, 2.75) is 16.7 Å². The number of thioether (sulfide) groups is 2. The van der Waals surface area contributed by atoms with Gasteiger partial charge in [0.05, 0.1) is 11.3 Å². The Hall–Kier alpha value is -1.39. The minimum absolute atomic E-state index is 0.0564. The van der Waals surface area contributed by atoms with Crippen LogP contribution in [0.4, 0.5) is 5.69 Å². The van der Waals surface area contributed by atoms with Crippen LogP contribution in [0.1, 0.15) is 17.3 Å². The molecule has 4 heteroatoms. The fourth-order valence-corrected chi connectivity index (χ4v) is 3.23. The number of amides is 1. The summed E-state index contributed by atoms with van der Waals surface area (Å²) in [7, 11) is 0. The summed E-state index contributed by atoms with van der Waals surface area (Å²) in [6, 6.07) is 15.6. The molecule has 0 fully saturated rings. The Balaban J connectivity index is 2.24. The van der Waals surface area contributed by atoms with Crippen LogP contribution in [-0.2, 0) is 0 Å². The molecule has 1 amide bonds. The van der Waals surface area contributed by atoms with Crippen LogP contribution in [0.2, 0.25) is 0 Å². The zero-order chi connectivity index (χ0) is 14.4. The molecule has 0 heterocycles. The maximum absolute atomic E-state index is 12.4. The van der Waals surface area contributed by atoms with E-state index in [1.807, 2.05) is 54.8 Å². The van der Waals surface area contributed by atoms with Crippen molar-refractivity contribution in [3.05, 3.63) is 54.1 Å². The highest BCUT2D eigenvalue weighted by atomic mass is 32.2. The lowest BCUT2D eigenvalue weighted by Crippen LogP contribution is -2.13. The molecule has 20 heavy (non-hydrogen) atoms. The lowest BCUT2D eigenvalue weighted by Gasteiger charge is -2.11. The third kappa shape index (κ3) is 3.58. The maximum atomic E-state index is 12.4. The first-order valence-corrected chi connectivity index (χ1v) is 8.63. The first-order chi connectivity index (χ1) is 9.76. The Bertz CT molecular complexity index is 599. The van der Waals surface area contributed by atoms with Gasteiger partial charge in [-0.05, 0) is 36.3 Å². The molecule has 0 aromatic heterocycles. The second-order valence-electron chi connectivity index (χ2n) is 4.08. The SMILES string of the molecule is CCSc1ccccc1NC(=O)c1ccccc1SC. The van der Waals surface area contributed by atoms with Crippen molar-refractivity contribution in [2.24, 2.45) is 0 Å². The van der Waals surface area contributed by atoms with Gasteiger partial charge in [0.25, 0.3) is 5.91 Å². The molecule has 2 rings (SSSR count). The molecule has 2 aromatic carbocycles. The van der Waals surface area contributed by atoms with Crippen LogP contribution in [-0.4, -0.2) is 17.9 Å². The fraction of sp³-hybridized carbons (Fsp3) is 0.188. The summed E-state index contributed by atoms with van der Waals surface area (Å²) in [5.41, 5.74) is 1.59. The first-order valence-electron chi connectivity index (χ1n) is 6.42. The molecule has 104 valence electrons. The summed E-state index contributed by atoms with van der Waals surface area (Å²) in [4.78, 5) is 14.5. The molecule has 0 spiro atoms. The van der Waals surface area contributed by atoms with Crippen molar-refractivity contribution in [3.63, 3.8) is 0 Å². The highest BCUT2D eigenvalue weighted by Crippen LogP contribution is 2.28. The predicted octanol–water partition coefficient (Wildman–Crippen LogP) is 4.77. The zero-order valence-electron chi connectivity index (χ0n) is 11.6. The van der Waals surface area contributed by atoms with Gasteiger partial charge in [0.1, 0.15) is 0 Å². The zero-order valence-corrected chi connectivity index (χ0v) is 13.2. The van der Waals surface area contributed by atoms with E-state index in [2.05, 4.69) is 12.2 Å². The molecule has 0 aliphatic heterocycles. The number of hydrogen-bond acceptors (Lipinski definition) is 3. The number of para-hydroxylation sites is 1. The Morgan fingerprint density at radius 1 is 1.05 bits per heavy atom. The minimum Gasteiger partial charge on any atom is -0.321 e. The topological polar surface area (TPSA) is 29.1 Å². The van der Waals surface area contributed by atoms with Crippen LogP contribution in [0, 0.1) is 0 Å². The van der Waals surface area contributed by atoms with Crippen LogP contribution in [0.5, 0.6) is 0 Å². The van der Waals surface area contributed by atoms with Gasteiger partial charge in [-0.25, -0.2) is 0 Å². The molecular formula is C16H17NOS2. The van der Waals surface area contributed by atoms with E-state index < -0.39 is 0 Å². The number of nitrogens with one attached hydrogen (secondary N) is 1. The second kappa shape index (κ2) is 7.41. The van der Waals surface area contributed by atoms with Gasteiger partial charge >= 0.3 is 0 Å². The van der Waals surface area contributed by atoms with Crippen LogP contribution < -0.4 is 5.32 Å². The van der Waals surface area contributed by atoms with E-state index in [1.54, 1.807) is 23.5 Å². The lowest BCUT2D eigenvalue weighted by molar-refractivity contribution is 0.102. The maximum Gasteiger partial charge on any atom is 0.256 e. The fourth-order valence-electron chi connectivity index (χ4n) is 1.87. The Morgan fingerprint density at radius 2 is 1.70 bits per heavy atom. The molecule has 0 unspecified atom stereocenters. The van der Waals surface area contributed by atoms with E-state index in [-0.39, 0.29) is 5.91 Å². The number of anilines is 1. The summed E-state index contributed by atoms with van der Waals surface area (Å²) in [6.07, 6.45) is 1.98. The van der Waals surface area contributed by atoms with Crippen LogP contribution in [0.15, 0.2) is 58.3 Å². The van der Waals surface area contributed by atoms with E-state index in [1.165, 1.54) is 0 Å². The summed E-state index contributed by atoms with van der Waals surface area (Å²) in [5.74, 6) is 0.924. The minimum atomic E-state index is -0.0564. The lowest BCUT2D eigenvalue weighted by atomic mass is 10.2. The molecule has 0 aliphatic rings. The molecule has 0 bridgehead atoms. The van der Waals surface area contributed by atoms with Gasteiger partial charge < -0.3 is 5.32 Å². The van der Waals surface area contributed by atoms with Crippen molar-refractivity contribution < 1.29 is 4.79 Å². The number of benzene rings is 2. The molecule has 2 nitrogen and oxygen atoms in total. The summed E-state index contributed by atoms with van der Waals surface area (Å²) in [6.45, 7) is 2.10. The number of rotatable bonds is 5. The third-order valence-electron chi connectivity index (χ3n) is 2.79. The van der Waals surface area contributed by atoms with Crippen molar-refractivity contribution in [1.82, 2.24) is 0 Å².